The molecule has 0 aliphatic heterocycles. The molecule has 106 valence electrons. The van der Waals surface area contributed by atoms with Crippen molar-refractivity contribution in [3.8, 4) is 5.75 Å². The topological polar surface area (TPSA) is 82.2 Å². The summed E-state index contributed by atoms with van der Waals surface area (Å²) in [5.41, 5.74) is 7.29. The number of aryl methyl sites for hydroxylation is 2. The SMILES string of the molecule is COc1ccc(Cl)cc1C(=O)Nc1c(N)c(C)nn1C. The molecule has 0 aliphatic rings. The van der Waals surface area contributed by atoms with E-state index in [1.807, 2.05) is 0 Å². The number of ether oxygens (including phenoxy) is 1. The lowest BCUT2D eigenvalue weighted by Gasteiger charge is -2.10. The maximum atomic E-state index is 12.3. The quantitative estimate of drug-likeness (QED) is 0.909. The van der Waals surface area contributed by atoms with E-state index < -0.39 is 0 Å². The Morgan fingerprint density at radius 1 is 1.50 bits per heavy atom. The molecule has 6 nitrogen and oxygen atoms in total. The van der Waals surface area contributed by atoms with Crippen molar-refractivity contribution in [3.05, 3.63) is 34.5 Å². The minimum Gasteiger partial charge on any atom is -0.496 e. The third-order valence-electron chi connectivity index (χ3n) is 2.91. The first-order valence-corrected chi connectivity index (χ1v) is 6.25. The van der Waals surface area contributed by atoms with Crippen LogP contribution >= 0.6 is 11.6 Å². The minimum absolute atomic E-state index is 0.332. The molecule has 0 spiro atoms. The molecule has 1 aromatic heterocycles. The fraction of sp³-hybridized carbons (Fsp3) is 0.231. The number of carbonyl (C=O) groups is 1. The molecule has 0 atom stereocenters. The fourth-order valence-electron chi connectivity index (χ4n) is 1.86. The van der Waals surface area contributed by atoms with Crippen LogP contribution in [-0.4, -0.2) is 22.8 Å². The highest BCUT2D eigenvalue weighted by Gasteiger charge is 2.17. The Morgan fingerprint density at radius 2 is 2.20 bits per heavy atom. The average molecular weight is 295 g/mol. The number of aromatic nitrogens is 2. The van der Waals surface area contributed by atoms with E-state index in [2.05, 4.69) is 10.4 Å². The second-order valence-electron chi connectivity index (χ2n) is 4.27. The molecular weight excluding hydrogens is 280 g/mol. The maximum Gasteiger partial charge on any atom is 0.260 e. The van der Waals surface area contributed by atoms with E-state index in [-0.39, 0.29) is 5.91 Å². The first-order valence-electron chi connectivity index (χ1n) is 5.88. The molecule has 1 amide bonds. The van der Waals surface area contributed by atoms with Gasteiger partial charge in [-0.05, 0) is 25.1 Å². The van der Waals surface area contributed by atoms with Gasteiger partial charge < -0.3 is 15.8 Å². The van der Waals surface area contributed by atoms with Gasteiger partial charge in [0.25, 0.3) is 5.91 Å². The van der Waals surface area contributed by atoms with Gasteiger partial charge in [0, 0.05) is 12.1 Å². The number of anilines is 2. The Bertz CT molecular complexity index is 667. The van der Waals surface area contributed by atoms with Gasteiger partial charge in [-0.3, -0.25) is 9.48 Å². The Morgan fingerprint density at radius 3 is 2.75 bits per heavy atom. The van der Waals surface area contributed by atoms with E-state index >= 15 is 0 Å². The molecule has 0 unspecified atom stereocenters. The van der Waals surface area contributed by atoms with Gasteiger partial charge in [-0.15, -0.1) is 0 Å². The summed E-state index contributed by atoms with van der Waals surface area (Å²) >= 11 is 5.91. The number of benzene rings is 1. The summed E-state index contributed by atoms with van der Waals surface area (Å²) in [7, 11) is 3.19. The Labute approximate surface area is 121 Å². The molecule has 2 rings (SSSR count). The number of carbonyl (C=O) groups excluding carboxylic acids is 1. The second kappa shape index (κ2) is 5.42. The van der Waals surface area contributed by atoms with Crippen molar-refractivity contribution in [1.82, 2.24) is 9.78 Å². The van der Waals surface area contributed by atoms with Crippen LogP contribution in [0.2, 0.25) is 5.02 Å². The number of methoxy groups -OCH3 is 1. The summed E-state index contributed by atoms with van der Waals surface area (Å²) in [4.78, 5) is 12.3. The van der Waals surface area contributed by atoms with Crippen molar-refractivity contribution >= 4 is 29.0 Å². The molecule has 0 bridgehead atoms. The Kier molecular flexibility index (Phi) is 3.85. The van der Waals surface area contributed by atoms with E-state index in [1.54, 1.807) is 26.1 Å². The third kappa shape index (κ3) is 2.55. The van der Waals surface area contributed by atoms with Crippen LogP contribution < -0.4 is 15.8 Å². The lowest BCUT2D eigenvalue weighted by molar-refractivity contribution is 0.102. The van der Waals surface area contributed by atoms with Gasteiger partial charge in [-0.25, -0.2) is 0 Å². The molecule has 1 aromatic carbocycles. The first kappa shape index (κ1) is 14.2. The van der Waals surface area contributed by atoms with Crippen molar-refractivity contribution < 1.29 is 9.53 Å². The predicted octanol–water partition coefficient (Wildman–Crippen LogP) is 2.23. The molecule has 2 aromatic rings. The number of halogens is 1. The smallest absolute Gasteiger partial charge is 0.260 e. The first-order chi connectivity index (χ1) is 9.43. The van der Waals surface area contributed by atoms with Crippen molar-refractivity contribution in [3.63, 3.8) is 0 Å². The minimum atomic E-state index is -0.362. The molecule has 0 aliphatic carbocycles. The summed E-state index contributed by atoms with van der Waals surface area (Å²) < 4.78 is 6.67. The van der Waals surface area contributed by atoms with Crippen molar-refractivity contribution in [1.29, 1.82) is 0 Å². The molecule has 7 heteroatoms. The molecule has 3 N–H and O–H groups in total. The highest BCUT2D eigenvalue weighted by atomic mass is 35.5. The van der Waals surface area contributed by atoms with Gasteiger partial charge in [0.1, 0.15) is 5.75 Å². The zero-order chi connectivity index (χ0) is 14.9. The van der Waals surface area contributed by atoms with Crippen LogP contribution in [0.3, 0.4) is 0 Å². The van der Waals surface area contributed by atoms with Gasteiger partial charge in [-0.2, -0.15) is 5.10 Å². The second-order valence-corrected chi connectivity index (χ2v) is 4.71. The van der Waals surface area contributed by atoms with Gasteiger partial charge in [0.05, 0.1) is 24.1 Å². The van der Waals surface area contributed by atoms with Crippen LogP contribution in [0.15, 0.2) is 18.2 Å². The number of hydrogen-bond acceptors (Lipinski definition) is 4. The number of rotatable bonds is 3. The number of nitrogens with one attached hydrogen (secondary N) is 1. The Balaban J connectivity index is 2.35. The van der Waals surface area contributed by atoms with E-state index in [0.717, 1.165) is 0 Å². The monoisotopic (exact) mass is 294 g/mol. The van der Waals surface area contributed by atoms with Gasteiger partial charge in [0.2, 0.25) is 0 Å². The molecule has 0 saturated heterocycles. The maximum absolute atomic E-state index is 12.3. The fourth-order valence-corrected chi connectivity index (χ4v) is 2.03. The zero-order valence-corrected chi connectivity index (χ0v) is 12.2. The van der Waals surface area contributed by atoms with Gasteiger partial charge in [0.15, 0.2) is 5.82 Å². The number of nitrogens with zero attached hydrogens (tertiary/aromatic N) is 2. The number of nitrogen functional groups attached to an aromatic ring is 1. The average Bonchev–Trinajstić information content (AvgIpc) is 2.65. The van der Waals surface area contributed by atoms with Crippen LogP contribution in [0, 0.1) is 6.92 Å². The molecule has 0 radical (unpaired) electrons. The summed E-state index contributed by atoms with van der Waals surface area (Å²) in [5.74, 6) is 0.512. The van der Waals surface area contributed by atoms with Crippen molar-refractivity contribution in [2.24, 2.45) is 7.05 Å². The predicted molar refractivity (Wildman–Crippen MR) is 78.3 cm³/mol. The van der Waals surface area contributed by atoms with Crippen LogP contribution in [0.25, 0.3) is 0 Å². The third-order valence-corrected chi connectivity index (χ3v) is 3.14. The molecule has 20 heavy (non-hydrogen) atoms. The van der Waals surface area contributed by atoms with Crippen LogP contribution in [0.1, 0.15) is 16.1 Å². The number of nitrogens with two attached hydrogens (primary N) is 1. The number of amides is 1. The van der Waals surface area contributed by atoms with E-state index in [9.17, 15) is 4.79 Å². The van der Waals surface area contributed by atoms with Gasteiger partial charge in [-0.1, -0.05) is 11.6 Å². The summed E-state index contributed by atoms with van der Waals surface area (Å²) in [6, 6.07) is 4.82. The standard InChI is InChI=1S/C13H15ClN4O2/c1-7-11(15)12(18(2)17-7)16-13(19)9-6-8(14)4-5-10(9)20-3/h4-6H,15H2,1-3H3,(H,16,19). The molecule has 1 heterocycles. The highest BCUT2D eigenvalue weighted by Crippen LogP contribution is 2.26. The van der Waals surface area contributed by atoms with E-state index in [1.165, 1.54) is 17.9 Å². The lowest BCUT2D eigenvalue weighted by atomic mass is 10.2. The molecule has 0 fully saturated rings. The lowest BCUT2D eigenvalue weighted by Crippen LogP contribution is -2.16. The van der Waals surface area contributed by atoms with Crippen LogP contribution in [0.5, 0.6) is 5.75 Å². The Hall–Kier alpha value is -2.21. The molecular formula is C13H15ClN4O2. The summed E-state index contributed by atoms with van der Waals surface area (Å²) in [6.45, 7) is 1.77. The van der Waals surface area contributed by atoms with Crippen LogP contribution in [-0.2, 0) is 7.05 Å². The highest BCUT2D eigenvalue weighted by molar-refractivity contribution is 6.31. The van der Waals surface area contributed by atoms with Gasteiger partial charge >= 0.3 is 0 Å². The normalized spacial score (nSPS) is 10.4. The largest absolute Gasteiger partial charge is 0.496 e. The van der Waals surface area contributed by atoms with E-state index in [0.29, 0.717) is 33.5 Å². The van der Waals surface area contributed by atoms with Crippen molar-refractivity contribution in [2.45, 2.75) is 6.92 Å². The molecule has 0 saturated carbocycles. The summed E-state index contributed by atoms with van der Waals surface area (Å²) in [6.07, 6.45) is 0. The number of hydrogen-bond donors (Lipinski definition) is 2. The van der Waals surface area contributed by atoms with Crippen molar-refractivity contribution in [2.75, 3.05) is 18.2 Å². The van der Waals surface area contributed by atoms with E-state index in [4.69, 9.17) is 22.1 Å². The zero-order valence-electron chi connectivity index (χ0n) is 11.4. The van der Waals surface area contributed by atoms with Crippen LogP contribution in [0.4, 0.5) is 11.5 Å². The summed E-state index contributed by atoms with van der Waals surface area (Å²) in [5, 5.41) is 7.30.